The number of fused-ring (bicyclic) bond motifs is 10. The molecule has 0 fully saturated rings. The van der Waals surface area contributed by atoms with E-state index in [0.717, 1.165) is 5.69 Å². The van der Waals surface area contributed by atoms with Gasteiger partial charge in [-0.3, -0.25) is 4.98 Å². The van der Waals surface area contributed by atoms with Gasteiger partial charge in [0.05, 0.1) is 0 Å². The number of pyridine rings is 1. The zero-order chi connectivity index (χ0) is 32.0. The maximum absolute atomic E-state index is 4.04. The van der Waals surface area contributed by atoms with Crippen molar-refractivity contribution in [2.45, 2.75) is 27.7 Å². The summed E-state index contributed by atoms with van der Waals surface area (Å²) in [5.41, 5.74) is 4.94. The molecule has 0 saturated heterocycles. The van der Waals surface area contributed by atoms with Crippen molar-refractivity contribution < 1.29 is 0 Å². The van der Waals surface area contributed by atoms with Crippen molar-refractivity contribution >= 4 is 64.9 Å². The Morgan fingerprint density at radius 2 is 0.957 bits per heavy atom. The van der Waals surface area contributed by atoms with Crippen LogP contribution in [-0.4, -0.2) is 9.55 Å². The SMILES string of the molecule is CC.Cc1ccnc(C)c1.Cn1c2ccccc2c2c3ccc4ccc5ccccc5c4c3ccc21.c1ccc2ccccc2c1. The van der Waals surface area contributed by atoms with Crippen LogP contribution in [0.15, 0.2) is 152 Å². The van der Waals surface area contributed by atoms with E-state index in [-0.39, 0.29) is 0 Å². The molecule has 2 nitrogen and oxygen atoms in total. The van der Waals surface area contributed by atoms with E-state index in [0.29, 0.717) is 0 Å². The van der Waals surface area contributed by atoms with Gasteiger partial charge in [0.25, 0.3) is 0 Å². The summed E-state index contributed by atoms with van der Waals surface area (Å²) in [6, 6.07) is 51.7. The van der Waals surface area contributed by atoms with Gasteiger partial charge in [-0.2, -0.15) is 0 Å². The number of rotatable bonds is 0. The van der Waals surface area contributed by atoms with E-state index in [4.69, 9.17) is 0 Å². The van der Waals surface area contributed by atoms with Gasteiger partial charge in [0.1, 0.15) is 0 Å². The summed E-state index contributed by atoms with van der Waals surface area (Å²) in [6.07, 6.45) is 1.82. The smallest absolute Gasteiger partial charge is 0.0495 e. The molecule has 9 rings (SSSR count). The lowest BCUT2D eigenvalue weighted by atomic mass is 9.94. The van der Waals surface area contributed by atoms with Crippen LogP contribution in [0, 0.1) is 13.8 Å². The quantitative estimate of drug-likeness (QED) is 0.159. The molecule has 7 aromatic carbocycles. The first kappa shape index (κ1) is 30.6. The highest BCUT2D eigenvalue weighted by atomic mass is 14.9. The molecule has 0 amide bonds. The van der Waals surface area contributed by atoms with Crippen molar-refractivity contribution in [3.05, 3.63) is 163 Å². The van der Waals surface area contributed by atoms with Crippen LogP contribution in [0.5, 0.6) is 0 Å². The predicted molar refractivity (Wildman–Crippen MR) is 202 cm³/mol. The van der Waals surface area contributed by atoms with Crippen LogP contribution in [0.1, 0.15) is 25.1 Å². The minimum atomic E-state index is 1.09. The third-order valence-corrected chi connectivity index (χ3v) is 8.49. The number of aryl methyl sites for hydroxylation is 3. The number of aromatic nitrogens is 2. The largest absolute Gasteiger partial charge is 0.344 e. The third kappa shape index (κ3) is 5.95. The Bertz CT molecular complexity index is 2350. The second-order valence-electron chi connectivity index (χ2n) is 11.4. The highest BCUT2D eigenvalue weighted by Gasteiger charge is 2.13. The molecule has 0 aliphatic carbocycles. The van der Waals surface area contributed by atoms with Gasteiger partial charge in [0.15, 0.2) is 0 Å². The molecule has 226 valence electrons. The molecular weight excluding hydrogens is 556 g/mol. The summed E-state index contributed by atoms with van der Waals surface area (Å²) in [4.78, 5) is 4.04. The predicted octanol–water partition coefficient (Wildman–Crippen LogP) is 12.4. The molecule has 0 spiro atoms. The fraction of sp³-hybridized carbons (Fsp3) is 0.114. The number of benzene rings is 7. The lowest BCUT2D eigenvalue weighted by Gasteiger charge is -2.09. The number of para-hydroxylation sites is 1. The average molecular weight is 597 g/mol. The Kier molecular flexibility index (Phi) is 9.08. The van der Waals surface area contributed by atoms with Crippen LogP contribution in [0.3, 0.4) is 0 Å². The van der Waals surface area contributed by atoms with Gasteiger partial charge in [0.2, 0.25) is 0 Å². The van der Waals surface area contributed by atoms with E-state index in [9.17, 15) is 0 Å². The van der Waals surface area contributed by atoms with E-state index in [1.807, 2.05) is 33.0 Å². The third-order valence-electron chi connectivity index (χ3n) is 8.49. The molecule has 0 radical (unpaired) electrons. The summed E-state index contributed by atoms with van der Waals surface area (Å²) in [6.45, 7) is 8.06. The molecule has 2 aromatic heterocycles. The fourth-order valence-corrected chi connectivity index (χ4v) is 6.39. The molecule has 46 heavy (non-hydrogen) atoms. The van der Waals surface area contributed by atoms with Crippen LogP contribution in [0.25, 0.3) is 64.9 Å². The van der Waals surface area contributed by atoms with E-state index in [2.05, 4.69) is 163 Å². The zero-order valence-corrected chi connectivity index (χ0v) is 27.3. The Morgan fingerprint density at radius 1 is 0.435 bits per heavy atom. The molecule has 0 N–H and O–H groups in total. The number of hydrogen-bond donors (Lipinski definition) is 0. The second kappa shape index (κ2) is 13.7. The monoisotopic (exact) mass is 596 g/mol. The molecule has 0 bridgehead atoms. The molecule has 0 saturated carbocycles. The maximum atomic E-state index is 4.04. The highest BCUT2D eigenvalue weighted by molar-refractivity contribution is 6.28. The maximum Gasteiger partial charge on any atom is 0.0495 e. The van der Waals surface area contributed by atoms with Gasteiger partial charge in [0, 0.05) is 40.7 Å². The minimum Gasteiger partial charge on any atom is -0.344 e. The van der Waals surface area contributed by atoms with Gasteiger partial charge in [-0.05, 0) is 86.8 Å². The first-order chi connectivity index (χ1) is 22.6. The summed E-state index contributed by atoms with van der Waals surface area (Å²) in [5.74, 6) is 0. The molecule has 0 unspecified atom stereocenters. The minimum absolute atomic E-state index is 1.09. The molecule has 2 heteroatoms. The Hall–Kier alpha value is -5.47. The van der Waals surface area contributed by atoms with Crippen LogP contribution >= 0.6 is 0 Å². The summed E-state index contributed by atoms with van der Waals surface area (Å²) in [7, 11) is 2.16. The molecule has 0 aliphatic rings. The molecule has 9 aromatic rings. The van der Waals surface area contributed by atoms with Crippen LogP contribution in [0.4, 0.5) is 0 Å². The normalized spacial score (nSPS) is 10.7. The van der Waals surface area contributed by atoms with Crippen molar-refractivity contribution in [3.63, 3.8) is 0 Å². The first-order valence-electron chi connectivity index (χ1n) is 16.1. The fourth-order valence-electron chi connectivity index (χ4n) is 6.39. The van der Waals surface area contributed by atoms with E-state index < -0.39 is 0 Å². The van der Waals surface area contributed by atoms with E-state index >= 15 is 0 Å². The second-order valence-corrected chi connectivity index (χ2v) is 11.4. The van der Waals surface area contributed by atoms with Crippen molar-refractivity contribution in [2.75, 3.05) is 0 Å². The topological polar surface area (TPSA) is 17.8 Å². The van der Waals surface area contributed by atoms with Crippen LogP contribution < -0.4 is 0 Å². The standard InChI is InChI=1S/C25H17N.C10H8.C7H9N.C2H6/c1-26-22-9-5-4-8-21(22)25-20-13-12-17-11-10-16-6-2-3-7-18(16)24(17)19(20)14-15-23(25)26;1-2-6-10-8-4-3-7-9(10)5-1;1-6-3-4-8-7(2)5-6;1-2/h2-15H,1H3;1-8H;3-5H,1-2H3;1-2H3. The van der Waals surface area contributed by atoms with Crippen molar-refractivity contribution in [1.82, 2.24) is 9.55 Å². The van der Waals surface area contributed by atoms with Crippen LogP contribution in [-0.2, 0) is 7.05 Å². The molecule has 2 heterocycles. The van der Waals surface area contributed by atoms with Gasteiger partial charge in [-0.1, -0.05) is 135 Å². The Morgan fingerprint density at radius 3 is 1.59 bits per heavy atom. The van der Waals surface area contributed by atoms with Gasteiger partial charge in [-0.15, -0.1) is 0 Å². The van der Waals surface area contributed by atoms with Crippen molar-refractivity contribution in [3.8, 4) is 0 Å². The van der Waals surface area contributed by atoms with Crippen molar-refractivity contribution in [1.29, 1.82) is 0 Å². The zero-order valence-electron chi connectivity index (χ0n) is 27.3. The number of hydrogen-bond acceptors (Lipinski definition) is 1. The highest BCUT2D eigenvalue weighted by Crippen LogP contribution is 2.39. The van der Waals surface area contributed by atoms with E-state index in [1.54, 1.807) is 0 Å². The van der Waals surface area contributed by atoms with Crippen molar-refractivity contribution in [2.24, 2.45) is 7.05 Å². The van der Waals surface area contributed by atoms with E-state index in [1.165, 1.54) is 70.5 Å². The van der Waals surface area contributed by atoms with Gasteiger partial charge < -0.3 is 4.57 Å². The summed E-state index contributed by atoms with van der Waals surface area (Å²) < 4.78 is 2.30. The summed E-state index contributed by atoms with van der Waals surface area (Å²) >= 11 is 0. The van der Waals surface area contributed by atoms with Gasteiger partial charge >= 0.3 is 0 Å². The lowest BCUT2D eigenvalue weighted by molar-refractivity contribution is 1.01. The average Bonchev–Trinajstić information content (AvgIpc) is 3.41. The molecule has 0 aliphatic heterocycles. The van der Waals surface area contributed by atoms with Crippen LogP contribution in [0.2, 0.25) is 0 Å². The summed E-state index contributed by atoms with van der Waals surface area (Å²) in [5, 5.41) is 13.3. The lowest BCUT2D eigenvalue weighted by Crippen LogP contribution is -1.86. The molecular formula is C44H40N2. The van der Waals surface area contributed by atoms with Gasteiger partial charge in [-0.25, -0.2) is 0 Å². The molecule has 0 atom stereocenters. The Balaban J connectivity index is 0.000000152. The first-order valence-corrected chi connectivity index (χ1v) is 16.1. The number of nitrogens with zero attached hydrogens (tertiary/aromatic N) is 2. The Labute approximate surface area is 271 Å².